The molecule has 2 heterocycles. The summed E-state index contributed by atoms with van der Waals surface area (Å²) in [6.45, 7) is -0.240. The number of carbonyl (C=O) groups excluding carboxylic acids is 1. The standard InChI is InChI=1S/C13H11F3N8O2/c14-13(15,16)8-4-2-1-3-7(8)5-18-20-12(25)9-6-24(23-19-9)11-10(17)21-26-22-11/h1-4,6,18H,5H2,(H2,17,21)(H,20,25). The minimum Gasteiger partial charge on any atom is -0.378 e. The average molecular weight is 368 g/mol. The first kappa shape index (κ1) is 17.3. The number of nitrogens with zero attached hydrogens (tertiary/aromatic N) is 5. The number of nitrogens with two attached hydrogens (primary N) is 1. The van der Waals surface area contributed by atoms with E-state index in [0.717, 1.165) is 10.7 Å². The molecule has 1 aromatic carbocycles. The monoisotopic (exact) mass is 368 g/mol. The van der Waals surface area contributed by atoms with E-state index < -0.39 is 17.6 Å². The van der Waals surface area contributed by atoms with Crippen LogP contribution in [0.3, 0.4) is 0 Å². The summed E-state index contributed by atoms with van der Waals surface area (Å²) >= 11 is 0. The zero-order valence-electron chi connectivity index (χ0n) is 12.9. The molecular weight excluding hydrogens is 357 g/mol. The van der Waals surface area contributed by atoms with Gasteiger partial charge in [0.05, 0.1) is 11.8 Å². The normalized spacial score (nSPS) is 11.5. The lowest BCUT2D eigenvalue weighted by Crippen LogP contribution is -2.37. The van der Waals surface area contributed by atoms with Crippen molar-refractivity contribution in [2.24, 2.45) is 0 Å². The molecule has 0 unspecified atom stereocenters. The van der Waals surface area contributed by atoms with Crippen LogP contribution in [0.5, 0.6) is 0 Å². The van der Waals surface area contributed by atoms with Gasteiger partial charge in [-0.05, 0) is 21.9 Å². The van der Waals surface area contributed by atoms with E-state index >= 15 is 0 Å². The Hall–Kier alpha value is -3.48. The molecule has 136 valence electrons. The number of halogens is 3. The molecular formula is C13H11F3N8O2. The number of aromatic nitrogens is 5. The van der Waals surface area contributed by atoms with E-state index in [9.17, 15) is 18.0 Å². The molecule has 0 spiro atoms. The lowest BCUT2D eigenvalue weighted by molar-refractivity contribution is -0.138. The van der Waals surface area contributed by atoms with Crippen LogP contribution in [0.1, 0.15) is 21.6 Å². The van der Waals surface area contributed by atoms with Crippen LogP contribution in [0.2, 0.25) is 0 Å². The summed E-state index contributed by atoms with van der Waals surface area (Å²) in [5.74, 6) is -0.719. The largest absolute Gasteiger partial charge is 0.416 e. The van der Waals surface area contributed by atoms with Crippen LogP contribution in [0.15, 0.2) is 35.1 Å². The molecule has 3 rings (SSSR count). The van der Waals surface area contributed by atoms with Crippen molar-refractivity contribution < 1.29 is 22.6 Å². The Bertz CT molecular complexity index is 920. The lowest BCUT2D eigenvalue weighted by atomic mass is 10.1. The Labute approximate surface area is 143 Å². The topological polar surface area (TPSA) is 137 Å². The Morgan fingerprint density at radius 3 is 2.73 bits per heavy atom. The number of nitrogens with one attached hydrogen (secondary N) is 2. The van der Waals surface area contributed by atoms with Crippen LogP contribution in [-0.2, 0) is 12.7 Å². The molecule has 0 aliphatic carbocycles. The van der Waals surface area contributed by atoms with Crippen LogP contribution in [0, 0.1) is 0 Å². The van der Waals surface area contributed by atoms with Crippen molar-refractivity contribution in [2.45, 2.75) is 12.7 Å². The van der Waals surface area contributed by atoms with Gasteiger partial charge in [-0.2, -0.15) is 17.9 Å². The molecule has 26 heavy (non-hydrogen) atoms. The molecule has 0 saturated carbocycles. The quantitative estimate of drug-likeness (QED) is 0.559. The highest BCUT2D eigenvalue weighted by atomic mass is 19.4. The second kappa shape index (κ2) is 6.79. The van der Waals surface area contributed by atoms with Gasteiger partial charge in [-0.15, -0.1) is 5.10 Å². The Kier molecular flexibility index (Phi) is 4.53. The van der Waals surface area contributed by atoms with Crippen molar-refractivity contribution in [1.82, 2.24) is 36.2 Å². The molecule has 0 fully saturated rings. The zero-order chi connectivity index (χ0) is 18.7. The maximum Gasteiger partial charge on any atom is 0.416 e. The number of anilines is 1. The van der Waals surface area contributed by atoms with E-state index in [-0.39, 0.29) is 29.4 Å². The van der Waals surface area contributed by atoms with E-state index in [1.807, 2.05) is 0 Å². The maximum atomic E-state index is 12.9. The second-order valence-electron chi connectivity index (χ2n) is 4.98. The molecule has 1 amide bonds. The number of nitrogen functional groups attached to an aromatic ring is 1. The Balaban J connectivity index is 1.62. The highest BCUT2D eigenvalue weighted by molar-refractivity contribution is 5.91. The van der Waals surface area contributed by atoms with Gasteiger partial charge in [0.1, 0.15) is 0 Å². The third-order valence-corrected chi connectivity index (χ3v) is 3.24. The summed E-state index contributed by atoms with van der Waals surface area (Å²) < 4.78 is 44.2. The van der Waals surface area contributed by atoms with E-state index in [0.29, 0.717) is 0 Å². The third-order valence-electron chi connectivity index (χ3n) is 3.24. The molecule has 10 nitrogen and oxygen atoms in total. The van der Waals surface area contributed by atoms with E-state index in [2.05, 4.69) is 36.1 Å². The minimum absolute atomic E-state index is 0.0228. The molecule has 0 saturated heterocycles. The lowest BCUT2D eigenvalue weighted by Gasteiger charge is -2.13. The van der Waals surface area contributed by atoms with Gasteiger partial charge in [0.25, 0.3) is 5.91 Å². The van der Waals surface area contributed by atoms with Crippen LogP contribution in [0.25, 0.3) is 5.82 Å². The summed E-state index contributed by atoms with van der Waals surface area (Å²) in [6.07, 6.45) is -3.28. The SMILES string of the molecule is Nc1nonc1-n1cc(C(=O)NNCc2ccccc2C(F)(F)F)nn1. The first-order chi connectivity index (χ1) is 12.4. The first-order valence-corrected chi connectivity index (χ1v) is 7.05. The molecule has 2 aromatic heterocycles. The number of hydrogen-bond acceptors (Lipinski definition) is 8. The van der Waals surface area contributed by atoms with Crippen LogP contribution in [-0.4, -0.2) is 31.2 Å². The van der Waals surface area contributed by atoms with Crippen molar-refractivity contribution in [3.63, 3.8) is 0 Å². The number of benzene rings is 1. The highest BCUT2D eigenvalue weighted by Crippen LogP contribution is 2.31. The summed E-state index contributed by atoms with van der Waals surface area (Å²) in [4.78, 5) is 12.0. The molecule has 0 bridgehead atoms. The van der Waals surface area contributed by atoms with Gasteiger partial charge < -0.3 is 5.73 Å². The molecule has 0 radical (unpaired) electrons. The number of hydrogen-bond donors (Lipinski definition) is 3. The van der Waals surface area contributed by atoms with Crippen molar-refractivity contribution in [1.29, 1.82) is 0 Å². The number of carbonyl (C=O) groups is 1. The van der Waals surface area contributed by atoms with Crippen molar-refractivity contribution in [2.75, 3.05) is 5.73 Å². The predicted molar refractivity (Wildman–Crippen MR) is 79.4 cm³/mol. The fourth-order valence-electron chi connectivity index (χ4n) is 2.06. The van der Waals surface area contributed by atoms with Gasteiger partial charge in [0.2, 0.25) is 11.6 Å². The van der Waals surface area contributed by atoms with Crippen LogP contribution >= 0.6 is 0 Å². The molecule has 3 aromatic rings. The van der Waals surface area contributed by atoms with Crippen molar-refractivity contribution >= 4 is 11.7 Å². The molecule has 0 aliphatic heterocycles. The van der Waals surface area contributed by atoms with Crippen LogP contribution in [0.4, 0.5) is 19.0 Å². The third kappa shape index (κ3) is 3.61. The number of alkyl halides is 3. The maximum absolute atomic E-state index is 12.9. The van der Waals surface area contributed by atoms with Gasteiger partial charge >= 0.3 is 6.18 Å². The van der Waals surface area contributed by atoms with Gasteiger partial charge in [0, 0.05) is 6.54 Å². The van der Waals surface area contributed by atoms with E-state index in [4.69, 9.17) is 5.73 Å². The Morgan fingerprint density at radius 2 is 2.04 bits per heavy atom. The smallest absolute Gasteiger partial charge is 0.378 e. The summed E-state index contributed by atoms with van der Waals surface area (Å²) in [7, 11) is 0. The molecule has 0 atom stereocenters. The fourth-order valence-corrected chi connectivity index (χ4v) is 2.06. The summed E-state index contributed by atoms with van der Waals surface area (Å²) in [6, 6.07) is 5.02. The van der Waals surface area contributed by atoms with E-state index in [1.54, 1.807) is 0 Å². The Morgan fingerprint density at radius 1 is 1.27 bits per heavy atom. The molecule has 0 aliphatic rings. The summed E-state index contributed by atoms with van der Waals surface area (Å²) in [5, 5.41) is 14.1. The second-order valence-corrected chi connectivity index (χ2v) is 4.98. The molecule has 4 N–H and O–H groups in total. The minimum atomic E-state index is -4.49. The number of amides is 1. The predicted octanol–water partition coefficient (Wildman–Crippen LogP) is 0.686. The summed E-state index contributed by atoms with van der Waals surface area (Å²) in [5.41, 5.74) is 9.21. The van der Waals surface area contributed by atoms with Gasteiger partial charge in [0.15, 0.2) is 5.69 Å². The van der Waals surface area contributed by atoms with Crippen LogP contribution < -0.4 is 16.6 Å². The van der Waals surface area contributed by atoms with Gasteiger partial charge in [-0.25, -0.2) is 10.1 Å². The van der Waals surface area contributed by atoms with Gasteiger partial charge in [-0.1, -0.05) is 23.4 Å². The average Bonchev–Trinajstić information content (AvgIpc) is 3.23. The number of hydrazine groups is 1. The fraction of sp³-hybridized carbons (Fsp3) is 0.154. The van der Waals surface area contributed by atoms with Crippen molar-refractivity contribution in [3.05, 3.63) is 47.3 Å². The van der Waals surface area contributed by atoms with E-state index in [1.165, 1.54) is 24.4 Å². The number of rotatable bonds is 5. The zero-order valence-corrected chi connectivity index (χ0v) is 12.9. The highest BCUT2D eigenvalue weighted by Gasteiger charge is 2.32. The first-order valence-electron chi connectivity index (χ1n) is 7.05. The molecule has 13 heteroatoms. The van der Waals surface area contributed by atoms with Gasteiger partial charge in [-0.3, -0.25) is 10.2 Å². The van der Waals surface area contributed by atoms with Crippen molar-refractivity contribution in [3.8, 4) is 5.82 Å².